The zero-order valence-corrected chi connectivity index (χ0v) is 11.4. The maximum Gasteiger partial charge on any atom is 0.261 e. The minimum absolute atomic E-state index is 0.165. The number of carbonyl (C=O) groups excluding carboxylic acids is 1. The van der Waals surface area contributed by atoms with Crippen LogP contribution in [-0.4, -0.2) is 23.7 Å². The zero-order chi connectivity index (χ0) is 10.7. The van der Waals surface area contributed by atoms with Gasteiger partial charge in [0.05, 0.1) is 14.8 Å². The van der Waals surface area contributed by atoms with E-state index in [2.05, 4.69) is 37.2 Å². The quantitative estimate of drug-likeness (QED) is 0.886. The Bertz CT molecular complexity index is 319. The highest BCUT2D eigenvalue weighted by atomic mass is 79.9. The molecule has 0 aliphatic carbocycles. The van der Waals surface area contributed by atoms with Gasteiger partial charge in [-0.2, -0.15) is 0 Å². The zero-order valence-electron chi connectivity index (χ0n) is 7.38. The lowest BCUT2D eigenvalue weighted by Crippen LogP contribution is -2.29. The summed E-state index contributed by atoms with van der Waals surface area (Å²) in [5, 5.41) is 11.6. The minimum atomic E-state index is -0.522. The predicted molar refractivity (Wildman–Crippen MR) is 63.7 cm³/mol. The van der Waals surface area contributed by atoms with Crippen molar-refractivity contribution in [1.82, 2.24) is 5.32 Å². The van der Waals surface area contributed by atoms with Crippen molar-refractivity contribution in [1.29, 1.82) is 0 Å². The molecule has 6 heteroatoms. The van der Waals surface area contributed by atoms with E-state index in [-0.39, 0.29) is 12.5 Å². The Morgan fingerprint density at radius 2 is 2.36 bits per heavy atom. The van der Waals surface area contributed by atoms with E-state index >= 15 is 0 Å². The Morgan fingerprint density at radius 1 is 1.71 bits per heavy atom. The molecule has 0 saturated heterocycles. The van der Waals surface area contributed by atoms with Crippen LogP contribution in [0.1, 0.15) is 16.6 Å². The van der Waals surface area contributed by atoms with Crippen molar-refractivity contribution in [3.63, 3.8) is 0 Å². The Hall–Kier alpha value is 0.0900. The molecular formula is C8H9Br2NO2S. The summed E-state index contributed by atoms with van der Waals surface area (Å²) in [6.45, 7) is 1.90. The maximum atomic E-state index is 11.5. The van der Waals surface area contributed by atoms with Crippen LogP contribution in [0.25, 0.3) is 0 Å². The first kappa shape index (κ1) is 12.2. The van der Waals surface area contributed by atoms with E-state index in [4.69, 9.17) is 5.11 Å². The molecule has 78 valence electrons. The predicted octanol–water partition coefficient (Wildman–Crippen LogP) is 2.38. The Kier molecular flexibility index (Phi) is 4.56. The second-order valence-corrected chi connectivity index (χ2v) is 6.02. The van der Waals surface area contributed by atoms with Crippen molar-refractivity contribution >= 4 is 49.1 Å². The average Bonchev–Trinajstić information content (AvgIpc) is 2.43. The van der Waals surface area contributed by atoms with Gasteiger partial charge in [0.1, 0.15) is 0 Å². The topological polar surface area (TPSA) is 49.3 Å². The van der Waals surface area contributed by atoms with Crippen LogP contribution in [-0.2, 0) is 0 Å². The number of aliphatic hydroxyl groups excluding tert-OH is 1. The van der Waals surface area contributed by atoms with Gasteiger partial charge >= 0.3 is 0 Å². The van der Waals surface area contributed by atoms with Gasteiger partial charge in [0.2, 0.25) is 0 Å². The van der Waals surface area contributed by atoms with E-state index < -0.39 is 6.10 Å². The van der Waals surface area contributed by atoms with E-state index in [1.165, 1.54) is 11.3 Å². The van der Waals surface area contributed by atoms with E-state index in [9.17, 15) is 4.79 Å². The fourth-order valence-corrected chi connectivity index (χ4v) is 2.74. The van der Waals surface area contributed by atoms with Gasteiger partial charge < -0.3 is 10.4 Å². The first-order chi connectivity index (χ1) is 6.50. The summed E-state index contributed by atoms with van der Waals surface area (Å²) in [5.41, 5.74) is 0. The third-order valence-corrected chi connectivity index (χ3v) is 4.68. The molecule has 0 unspecified atom stereocenters. The van der Waals surface area contributed by atoms with Crippen LogP contribution in [0.2, 0.25) is 0 Å². The van der Waals surface area contributed by atoms with Crippen molar-refractivity contribution in [2.24, 2.45) is 0 Å². The molecule has 0 spiro atoms. The summed E-state index contributed by atoms with van der Waals surface area (Å²) in [6, 6.07) is 1.74. The van der Waals surface area contributed by atoms with Crippen LogP contribution in [0, 0.1) is 0 Å². The third-order valence-electron chi connectivity index (χ3n) is 1.43. The maximum absolute atomic E-state index is 11.5. The lowest BCUT2D eigenvalue weighted by molar-refractivity contribution is 0.0928. The Morgan fingerprint density at radius 3 is 2.79 bits per heavy atom. The molecule has 0 aliphatic heterocycles. The number of aliphatic hydroxyl groups is 1. The number of hydrogen-bond donors (Lipinski definition) is 2. The van der Waals surface area contributed by atoms with Gasteiger partial charge in [-0.25, -0.2) is 0 Å². The number of rotatable bonds is 3. The average molecular weight is 343 g/mol. The summed E-state index contributed by atoms with van der Waals surface area (Å²) >= 11 is 7.96. The standard InChI is InChI=1S/C8H9Br2NO2S/c1-4(12)3-11-8(13)6-2-5(9)7(10)14-6/h2,4,12H,3H2,1H3,(H,11,13)/t4-/m1/s1. The lowest BCUT2D eigenvalue weighted by Gasteiger charge is -2.04. The van der Waals surface area contributed by atoms with Crippen LogP contribution >= 0.6 is 43.2 Å². The van der Waals surface area contributed by atoms with Crippen LogP contribution in [0.4, 0.5) is 0 Å². The SMILES string of the molecule is C[C@@H](O)CNC(=O)c1cc(Br)c(Br)s1. The summed E-state index contributed by atoms with van der Waals surface area (Å²) in [7, 11) is 0. The molecule has 1 amide bonds. The van der Waals surface area contributed by atoms with Crippen LogP contribution < -0.4 is 5.32 Å². The van der Waals surface area contributed by atoms with Crippen molar-refractivity contribution in [2.75, 3.05) is 6.54 Å². The molecule has 1 aromatic rings. The van der Waals surface area contributed by atoms with Gasteiger partial charge in [-0.1, -0.05) is 0 Å². The van der Waals surface area contributed by atoms with Crippen molar-refractivity contribution in [3.05, 3.63) is 19.2 Å². The highest BCUT2D eigenvalue weighted by molar-refractivity contribution is 9.13. The van der Waals surface area contributed by atoms with E-state index in [1.807, 2.05) is 0 Å². The Balaban J connectivity index is 2.61. The van der Waals surface area contributed by atoms with Crippen LogP contribution in [0.15, 0.2) is 14.3 Å². The molecule has 0 bridgehead atoms. The monoisotopic (exact) mass is 341 g/mol. The summed E-state index contributed by atoms with van der Waals surface area (Å²) in [6.07, 6.45) is -0.522. The molecule has 1 aromatic heterocycles. The second-order valence-electron chi connectivity index (χ2n) is 2.79. The Labute approximate surface area is 103 Å². The molecule has 0 saturated carbocycles. The molecule has 2 N–H and O–H groups in total. The number of thiophene rings is 1. The smallest absolute Gasteiger partial charge is 0.261 e. The summed E-state index contributed by atoms with van der Waals surface area (Å²) < 4.78 is 1.75. The highest BCUT2D eigenvalue weighted by Crippen LogP contribution is 2.32. The van der Waals surface area contributed by atoms with Crippen LogP contribution in [0.5, 0.6) is 0 Å². The molecular weight excluding hydrogens is 334 g/mol. The molecule has 0 fully saturated rings. The number of hydrogen-bond acceptors (Lipinski definition) is 3. The van der Waals surface area contributed by atoms with Gasteiger partial charge in [-0.15, -0.1) is 11.3 Å². The fraction of sp³-hybridized carbons (Fsp3) is 0.375. The number of halogens is 2. The van der Waals surface area contributed by atoms with E-state index in [0.717, 1.165) is 8.26 Å². The van der Waals surface area contributed by atoms with Crippen LogP contribution in [0.3, 0.4) is 0 Å². The van der Waals surface area contributed by atoms with E-state index in [1.54, 1.807) is 13.0 Å². The lowest BCUT2D eigenvalue weighted by atomic mass is 10.4. The van der Waals surface area contributed by atoms with E-state index in [0.29, 0.717) is 4.88 Å². The molecule has 0 aromatic carbocycles. The van der Waals surface area contributed by atoms with Gasteiger partial charge in [0.15, 0.2) is 0 Å². The fourth-order valence-electron chi connectivity index (χ4n) is 0.786. The van der Waals surface area contributed by atoms with Gasteiger partial charge in [0, 0.05) is 11.0 Å². The normalized spacial score (nSPS) is 12.6. The molecule has 0 aliphatic rings. The number of nitrogens with one attached hydrogen (secondary N) is 1. The second kappa shape index (κ2) is 5.25. The summed E-state index contributed by atoms with van der Waals surface area (Å²) in [5.74, 6) is -0.165. The molecule has 0 radical (unpaired) electrons. The largest absolute Gasteiger partial charge is 0.392 e. The third kappa shape index (κ3) is 3.34. The first-order valence-electron chi connectivity index (χ1n) is 3.92. The number of carbonyl (C=O) groups is 1. The number of amides is 1. The minimum Gasteiger partial charge on any atom is -0.392 e. The molecule has 1 rings (SSSR count). The molecule has 1 heterocycles. The van der Waals surface area contributed by atoms with Crippen molar-refractivity contribution in [3.8, 4) is 0 Å². The first-order valence-corrected chi connectivity index (χ1v) is 6.32. The van der Waals surface area contributed by atoms with Gasteiger partial charge in [-0.05, 0) is 44.8 Å². The van der Waals surface area contributed by atoms with Crippen molar-refractivity contribution < 1.29 is 9.90 Å². The summed E-state index contributed by atoms with van der Waals surface area (Å²) in [4.78, 5) is 12.1. The van der Waals surface area contributed by atoms with Crippen molar-refractivity contribution in [2.45, 2.75) is 13.0 Å². The molecule has 3 nitrogen and oxygen atoms in total. The molecule has 14 heavy (non-hydrogen) atoms. The molecule has 1 atom stereocenters. The highest BCUT2D eigenvalue weighted by Gasteiger charge is 2.11. The van der Waals surface area contributed by atoms with Gasteiger partial charge in [0.25, 0.3) is 5.91 Å². The van der Waals surface area contributed by atoms with Gasteiger partial charge in [-0.3, -0.25) is 4.79 Å².